The summed E-state index contributed by atoms with van der Waals surface area (Å²) in [4.78, 5) is 23.9. The highest BCUT2D eigenvalue weighted by atomic mass is 32.2. The van der Waals surface area contributed by atoms with E-state index in [9.17, 15) is 14.7 Å². The normalized spacial score (nSPS) is 14.9. The van der Waals surface area contributed by atoms with Gasteiger partial charge in [0.25, 0.3) is 0 Å². The van der Waals surface area contributed by atoms with Gasteiger partial charge >= 0.3 is 5.97 Å². The molecule has 0 unspecified atom stereocenters. The summed E-state index contributed by atoms with van der Waals surface area (Å²) in [6, 6.07) is -0.684. The topological polar surface area (TPSA) is 75.6 Å². The number of methoxy groups -OCH3 is 1. The molecule has 1 amide bonds. The molecule has 0 saturated carbocycles. The zero-order chi connectivity index (χ0) is 16.3. The van der Waals surface area contributed by atoms with Gasteiger partial charge in [-0.3, -0.25) is 4.79 Å². The number of carbonyl (C=O) groups is 2. The maximum absolute atomic E-state index is 12.2. The van der Waals surface area contributed by atoms with Crippen LogP contribution >= 0.6 is 11.8 Å². The first kappa shape index (κ1) is 20.0. The van der Waals surface area contributed by atoms with Crippen molar-refractivity contribution in [2.75, 3.05) is 19.1 Å². The number of esters is 1. The van der Waals surface area contributed by atoms with Crippen LogP contribution in [0.2, 0.25) is 0 Å². The Bertz CT molecular complexity index is 336. The fourth-order valence-electron chi connectivity index (χ4n) is 1.93. The molecule has 0 aromatic rings. The summed E-state index contributed by atoms with van der Waals surface area (Å²) in [5.41, 5.74) is 0. The van der Waals surface area contributed by atoms with Gasteiger partial charge < -0.3 is 15.2 Å². The average molecular weight is 317 g/mol. The standard InChI is InChI=1S/C15H27NO4S/c1-5-7-8-13(17)11(6-2)14(18)16-12(9-10-21-4)15(19)20-3/h6,11-13,17H,2,5,7-10H2,1,3-4H3,(H,16,18)/t11-,12-,13+/m0/s1. The highest BCUT2D eigenvalue weighted by Gasteiger charge is 2.28. The van der Waals surface area contributed by atoms with Crippen molar-refractivity contribution in [1.82, 2.24) is 5.32 Å². The maximum Gasteiger partial charge on any atom is 0.328 e. The molecule has 122 valence electrons. The third-order valence-corrected chi connectivity index (χ3v) is 3.88. The summed E-state index contributed by atoms with van der Waals surface area (Å²) in [5, 5.41) is 12.7. The molecule has 6 heteroatoms. The van der Waals surface area contributed by atoms with Crippen LogP contribution in [0.3, 0.4) is 0 Å². The average Bonchev–Trinajstić information content (AvgIpc) is 2.49. The number of hydrogen-bond donors (Lipinski definition) is 2. The molecular formula is C15H27NO4S. The summed E-state index contributed by atoms with van der Waals surface area (Å²) in [6.07, 6.45) is 5.40. The first-order valence-electron chi connectivity index (χ1n) is 7.19. The zero-order valence-corrected chi connectivity index (χ0v) is 13.9. The molecule has 0 aliphatic carbocycles. The van der Waals surface area contributed by atoms with E-state index in [1.165, 1.54) is 13.2 Å². The van der Waals surface area contributed by atoms with Crippen molar-refractivity contribution >= 4 is 23.6 Å². The molecule has 3 atom stereocenters. The Morgan fingerprint density at radius 3 is 2.57 bits per heavy atom. The van der Waals surface area contributed by atoms with E-state index in [1.807, 2.05) is 13.2 Å². The minimum Gasteiger partial charge on any atom is -0.467 e. The largest absolute Gasteiger partial charge is 0.467 e. The Morgan fingerprint density at radius 1 is 1.43 bits per heavy atom. The Kier molecular flexibility index (Phi) is 11.1. The van der Waals surface area contributed by atoms with Gasteiger partial charge in [-0.05, 0) is 24.9 Å². The van der Waals surface area contributed by atoms with Crippen LogP contribution in [-0.2, 0) is 14.3 Å². The zero-order valence-electron chi connectivity index (χ0n) is 13.1. The van der Waals surface area contributed by atoms with Crippen molar-refractivity contribution < 1.29 is 19.4 Å². The van der Waals surface area contributed by atoms with E-state index in [2.05, 4.69) is 11.9 Å². The van der Waals surface area contributed by atoms with Gasteiger partial charge in [-0.15, -0.1) is 6.58 Å². The molecule has 0 aliphatic heterocycles. The minimum absolute atomic E-state index is 0.384. The van der Waals surface area contributed by atoms with E-state index in [0.717, 1.165) is 18.6 Å². The van der Waals surface area contributed by atoms with Gasteiger partial charge in [0.15, 0.2) is 0 Å². The molecule has 0 fully saturated rings. The molecule has 0 bridgehead atoms. The third kappa shape index (κ3) is 7.52. The van der Waals surface area contributed by atoms with Crippen molar-refractivity contribution in [3.8, 4) is 0 Å². The van der Waals surface area contributed by atoms with Gasteiger partial charge in [-0.2, -0.15) is 11.8 Å². The SMILES string of the molecule is C=C[C@H](C(=O)N[C@@H](CCSC)C(=O)OC)[C@H](O)CCCC. The molecular weight excluding hydrogens is 290 g/mol. The first-order chi connectivity index (χ1) is 10.0. The third-order valence-electron chi connectivity index (χ3n) is 3.24. The molecule has 0 aromatic carbocycles. The fourth-order valence-corrected chi connectivity index (χ4v) is 2.40. The van der Waals surface area contributed by atoms with Gasteiger partial charge in [-0.1, -0.05) is 25.8 Å². The predicted molar refractivity (Wildman–Crippen MR) is 86.2 cm³/mol. The van der Waals surface area contributed by atoms with Crippen LogP contribution in [0.1, 0.15) is 32.6 Å². The lowest BCUT2D eigenvalue weighted by Gasteiger charge is -2.22. The summed E-state index contributed by atoms with van der Waals surface area (Å²) in [5.74, 6) is -0.830. The summed E-state index contributed by atoms with van der Waals surface area (Å²) >= 11 is 1.59. The molecule has 0 rings (SSSR count). The molecule has 0 saturated heterocycles. The predicted octanol–water partition coefficient (Wildman–Crippen LogP) is 1.75. The molecule has 2 N–H and O–H groups in total. The second kappa shape index (κ2) is 11.6. The van der Waals surface area contributed by atoms with Crippen molar-refractivity contribution in [2.24, 2.45) is 5.92 Å². The van der Waals surface area contributed by atoms with E-state index in [1.54, 1.807) is 11.8 Å². The molecule has 0 spiro atoms. The van der Waals surface area contributed by atoms with Crippen molar-refractivity contribution in [3.63, 3.8) is 0 Å². The summed E-state index contributed by atoms with van der Waals surface area (Å²) < 4.78 is 4.70. The number of amides is 1. The van der Waals surface area contributed by atoms with Gasteiger partial charge in [-0.25, -0.2) is 4.79 Å². The number of thioether (sulfide) groups is 1. The number of unbranched alkanes of at least 4 members (excludes halogenated alkanes) is 1. The molecule has 5 nitrogen and oxygen atoms in total. The highest BCUT2D eigenvalue weighted by Crippen LogP contribution is 2.14. The van der Waals surface area contributed by atoms with E-state index < -0.39 is 24.0 Å². The number of aliphatic hydroxyl groups is 1. The lowest BCUT2D eigenvalue weighted by molar-refractivity contribution is -0.146. The van der Waals surface area contributed by atoms with Crippen molar-refractivity contribution in [2.45, 2.75) is 44.8 Å². The highest BCUT2D eigenvalue weighted by molar-refractivity contribution is 7.98. The number of hydrogen-bond acceptors (Lipinski definition) is 5. The number of rotatable bonds is 11. The molecule has 0 aromatic heterocycles. The molecule has 0 aliphatic rings. The summed E-state index contributed by atoms with van der Waals surface area (Å²) in [6.45, 7) is 5.62. The molecule has 0 heterocycles. The van der Waals surface area contributed by atoms with Gasteiger partial charge in [0.2, 0.25) is 5.91 Å². The second-order valence-electron chi connectivity index (χ2n) is 4.84. The monoisotopic (exact) mass is 317 g/mol. The van der Waals surface area contributed by atoms with E-state index >= 15 is 0 Å². The smallest absolute Gasteiger partial charge is 0.328 e. The van der Waals surface area contributed by atoms with Crippen LogP contribution < -0.4 is 5.32 Å². The Labute approximate surface area is 131 Å². The Hall–Kier alpha value is -1.01. The van der Waals surface area contributed by atoms with Crippen molar-refractivity contribution in [3.05, 3.63) is 12.7 Å². The molecule has 0 radical (unpaired) electrons. The van der Waals surface area contributed by atoms with E-state index in [4.69, 9.17) is 4.74 Å². The van der Waals surface area contributed by atoms with Crippen LogP contribution in [0.4, 0.5) is 0 Å². The van der Waals surface area contributed by atoms with Gasteiger partial charge in [0.1, 0.15) is 6.04 Å². The van der Waals surface area contributed by atoms with E-state index in [0.29, 0.717) is 12.8 Å². The van der Waals surface area contributed by atoms with Gasteiger partial charge in [0.05, 0.1) is 19.1 Å². The van der Waals surface area contributed by atoms with Gasteiger partial charge in [0, 0.05) is 0 Å². The quantitative estimate of drug-likeness (QED) is 0.448. The Balaban J connectivity index is 4.68. The van der Waals surface area contributed by atoms with Crippen LogP contribution in [0.15, 0.2) is 12.7 Å². The minimum atomic E-state index is -0.777. The van der Waals surface area contributed by atoms with Crippen LogP contribution in [0.25, 0.3) is 0 Å². The van der Waals surface area contributed by atoms with Crippen LogP contribution in [0, 0.1) is 5.92 Å². The fraction of sp³-hybridized carbons (Fsp3) is 0.733. The lowest BCUT2D eigenvalue weighted by Crippen LogP contribution is -2.46. The second-order valence-corrected chi connectivity index (χ2v) is 5.82. The Morgan fingerprint density at radius 2 is 2.10 bits per heavy atom. The van der Waals surface area contributed by atoms with E-state index in [-0.39, 0.29) is 5.91 Å². The lowest BCUT2D eigenvalue weighted by atomic mass is 9.96. The number of ether oxygens (including phenoxy) is 1. The molecule has 21 heavy (non-hydrogen) atoms. The van der Waals surface area contributed by atoms with Crippen LogP contribution in [0.5, 0.6) is 0 Å². The maximum atomic E-state index is 12.2. The first-order valence-corrected chi connectivity index (χ1v) is 8.58. The number of nitrogens with one attached hydrogen (secondary N) is 1. The number of carbonyl (C=O) groups excluding carboxylic acids is 2. The van der Waals surface area contributed by atoms with Crippen LogP contribution in [-0.4, -0.2) is 48.2 Å². The summed E-state index contributed by atoms with van der Waals surface area (Å²) in [7, 11) is 1.29. The van der Waals surface area contributed by atoms with Crippen molar-refractivity contribution in [1.29, 1.82) is 0 Å². The number of aliphatic hydroxyl groups excluding tert-OH is 1.